The molecule has 1 saturated carbocycles. The largest absolute Gasteiger partial charge is 0.159 e. The average Bonchev–Trinajstić information content (AvgIpc) is 1.86. The van der Waals surface area contributed by atoms with Crippen LogP contribution in [0.2, 0.25) is 0 Å². The Morgan fingerprint density at radius 1 is 1.40 bits per heavy atom. The van der Waals surface area contributed by atoms with E-state index >= 15 is 0 Å². The minimum Gasteiger partial charge on any atom is -0.159 e. The second-order valence-electron chi connectivity index (χ2n) is 2.78. The van der Waals surface area contributed by atoms with Gasteiger partial charge in [-0.2, -0.15) is 10.2 Å². The van der Waals surface area contributed by atoms with Crippen LogP contribution in [0.5, 0.6) is 0 Å². The summed E-state index contributed by atoms with van der Waals surface area (Å²) in [4.78, 5) is 0. The van der Waals surface area contributed by atoms with Gasteiger partial charge in [0.15, 0.2) is 0 Å². The van der Waals surface area contributed by atoms with Crippen LogP contribution >= 0.6 is 0 Å². The highest BCUT2D eigenvalue weighted by molar-refractivity contribution is 5.08. The van der Waals surface area contributed by atoms with Crippen LogP contribution < -0.4 is 0 Å². The first-order chi connectivity index (χ1) is 4.97. The molecule has 2 heteroatoms. The van der Waals surface area contributed by atoms with Crippen molar-refractivity contribution in [1.82, 2.24) is 10.2 Å². The van der Waals surface area contributed by atoms with E-state index < -0.39 is 0 Å². The third-order valence-corrected chi connectivity index (χ3v) is 2.12. The molecule has 0 bridgehead atoms. The van der Waals surface area contributed by atoms with Crippen LogP contribution in [0.25, 0.3) is 0 Å². The molecule has 0 aromatic carbocycles. The maximum Gasteiger partial charge on any atom is 0.0661 e. The van der Waals surface area contributed by atoms with Crippen LogP contribution in [0.15, 0.2) is 18.3 Å². The third-order valence-electron chi connectivity index (χ3n) is 2.12. The minimum atomic E-state index is 0.716. The maximum atomic E-state index is 4.05. The van der Waals surface area contributed by atoms with E-state index in [2.05, 4.69) is 16.3 Å². The Bertz CT molecular complexity index is 204. The molecule has 0 amide bonds. The first-order valence-electron chi connectivity index (χ1n) is 3.74. The van der Waals surface area contributed by atoms with E-state index in [0.717, 1.165) is 0 Å². The molecule has 0 N–H and O–H groups in total. The van der Waals surface area contributed by atoms with E-state index in [1.54, 1.807) is 6.20 Å². The number of rotatable bonds is 1. The fourth-order valence-corrected chi connectivity index (χ4v) is 1.24. The lowest BCUT2D eigenvalue weighted by molar-refractivity contribution is 0.408. The standard InChI is InChI=1S/C8H10N2/c1-3-7(4-1)8-5-2-6-9-10-8/h2,5-7H,1,3-4H2. The van der Waals surface area contributed by atoms with Crippen LogP contribution in [-0.4, -0.2) is 10.2 Å². The van der Waals surface area contributed by atoms with Gasteiger partial charge in [-0.05, 0) is 25.0 Å². The van der Waals surface area contributed by atoms with Gasteiger partial charge in [-0.3, -0.25) is 0 Å². The molecule has 1 aliphatic rings. The Morgan fingerprint density at radius 3 is 2.80 bits per heavy atom. The highest BCUT2D eigenvalue weighted by Crippen LogP contribution is 2.34. The fourth-order valence-electron chi connectivity index (χ4n) is 1.24. The topological polar surface area (TPSA) is 25.8 Å². The van der Waals surface area contributed by atoms with Gasteiger partial charge in [0.2, 0.25) is 0 Å². The first kappa shape index (κ1) is 5.83. The zero-order chi connectivity index (χ0) is 6.81. The molecule has 1 aromatic heterocycles. The monoisotopic (exact) mass is 134 g/mol. The summed E-state index contributed by atoms with van der Waals surface area (Å²) in [5.74, 6) is 0.716. The zero-order valence-corrected chi connectivity index (χ0v) is 5.83. The number of hydrogen-bond donors (Lipinski definition) is 0. The predicted molar refractivity (Wildman–Crippen MR) is 38.6 cm³/mol. The van der Waals surface area contributed by atoms with Gasteiger partial charge in [0.25, 0.3) is 0 Å². The smallest absolute Gasteiger partial charge is 0.0661 e. The summed E-state index contributed by atoms with van der Waals surface area (Å²) in [6, 6.07) is 4.03. The van der Waals surface area contributed by atoms with E-state index in [1.165, 1.54) is 25.0 Å². The molecule has 1 aromatic rings. The molecule has 1 fully saturated rings. The van der Waals surface area contributed by atoms with Crippen molar-refractivity contribution in [3.05, 3.63) is 24.0 Å². The van der Waals surface area contributed by atoms with E-state index in [-0.39, 0.29) is 0 Å². The lowest BCUT2D eigenvalue weighted by Crippen LogP contribution is -2.10. The average molecular weight is 134 g/mol. The van der Waals surface area contributed by atoms with Crippen LogP contribution in [0, 0.1) is 0 Å². The molecule has 2 nitrogen and oxygen atoms in total. The number of nitrogens with zero attached hydrogens (tertiary/aromatic N) is 2. The van der Waals surface area contributed by atoms with Crippen molar-refractivity contribution in [2.24, 2.45) is 0 Å². The SMILES string of the molecule is c1cnnc(C2CCC2)c1. The van der Waals surface area contributed by atoms with Crippen molar-refractivity contribution in [2.45, 2.75) is 25.2 Å². The normalized spacial score (nSPS) is 18.4. The summed E-state index contributed by atoms with van der Waals surface area (Å²) in [5, 5.41) is 7.89. The van der Waals surface area contributed by atoms with E-state index in [4.69, 9.17) is 0 Å². The molecule has 52 valence electrons. The van der Waals surface area contributed by atoms with Crippen molar-refractivity contribution < 1.29 is 0 Å². The molecule has 0 aliphatic heterocycles. The Kier molecular flexibility index (Phi) is 1.38. The maximum absolute atomic E-state index is 4.05. The highest BCUT2D eigenvalue weighted by atomic mass is 15.1. The zero-order valence-electron chi connectivity index (χ0n) is 5.83. The molecule has 0 unspecified atom stereocenters. The molecular formula is C8H10N2. The molecule has 10 heavy (non-hydrogen) atoms. The Labute approximate surface area is 60.3 Å². The van der Waals surface area contributed by atoms with E-state index in [0.29, 0.717) is 5.92 Å². The summed E-state index contributed by atoms with van der Waals surface area (Å²) in [5.41, 5.74) is 1.17. The first-order valence-corrected chi connectivity index (χ1v) is 3.74. The number of aromatic nitrogens is 2. The molecule has 0 saturated heterocycles. The van der Waals surface area contributed by atoms with Crippen LogP contribution in [-0.2, 0) is 0 Å². The van der Waals surface area contributed by atoms with E-state index in [9.17, 15) is 0 Å². The van der Waals surface area contributed by atoms with Crippen molar-refractivity contribution in [1.29, 1.82) is 0 Å². The van der Waals surface area contributed by atoms with Gasteiger partial charge in [0.05, 0.1) is 5.69 Å². The van der Waals surface area contributed by atoms with Gasteiger partial charge >= 0.3 is 0 Å². The second-order valence-corrected chi connectivity index (χ2v) is 2.78. The Morgan fingerprint density at radius 2 is 2.30 bits per heavy atom. The fraction of sp³-hybridized carbons (Fsp3) is 0.500. The lowest BCUT2D eigenvalue weighted by Gasteiger charge is -2.23. The van der Waals surface area contributed by atoms with Gasteiger partial charge in [-0.25, -0.2) is 0 Å². The van der Waals surface area contributed by atoms with Crippen molar-refractivity contribution in [2.75, 3.05) is 0 Å². The molecule has 0 spiro atoms. The molecular weight excluding hydrogens is 124 g/mol. The van der Waals surface area contributed by atoms with Crippen LogP contribution in [0.3, 0.4) is 0 Å². The van der Waals surface area contributed by atoms with Crippen molar-refractivity contribution in [3.63, 3.8) is 0 Å². The molecule has 0 atom stereocenters. The lowest BCUT2D eigenvalue weighted by atomic mass is 9.83. The van der Waals surface area contributed by atoms with Gasteiger partial charge in [0.1, 0.15) is 0 Å². The summed E-state index contributed by atoms with van der Waals surface area (Å²) >= 11 is 0. The summed E-state index contributed by atoms with van der Waals surface area (Å²) < 4.78 is 0. The van der Waals surface area contributed by atoms with Crippen molar-refractivity contribution >= 4 is 0 Å². The van der Waals surface area contributed by atoms with Gasteiger partial charge in [0, 0.05) is 12.1 Å². The minimum absolute atomic E-state index is 0.716. The highest BCUT2D eigenvalue weighted by Gasteiger charge is 2.20. The van der Waals surface area contributed by atoms with Crippen LogP contribution in [0.1, 0.15) is 30.9 Å². The molecule has 0 radical (unpaired) electrons. The van der Waals surface area contributed by atoms with Gasteiger partial charge < -0.3 is 0 Å². The quantitative estimate of drug-likeness (QED) is 0.584. The molecule has 1 heterocycles. The van der Waals surface area contributed by atoms with Gasteiger partial charge in [-0.1, -0.05) is 6.42 Å². The van der Waals surface area contributed by atoms with E-state index in [1.807, 2.05) is 6.07 Å². The predicted octanol–water partition coefficient (Wildman–Crippen LogP) is 1.74. The summed E-state index contributed by atoms with van der Waals surface area (Å²) in [6.07, 6.45) is 5.70. The Balaban J connectivity index is 2.18. The number of hydrogen-bond acceptors (Lipinski definition) is 2. The molecule has 2 rings (SSSR count). The summed E-state index contributed by atoms with van der Waals surface area (Å²) in [7, 11) is 0. The third kappa shape index (κ3) is 0.897. The van der Waals surface area contributed by atoms with Gasteiger partial charge in [-0.15, -0.1) is 0 Å². The van der Waals surface area contributed by atoms with Crippen molar-refractivity contribution in [3.8, 4) is 0 Å². The van der Waals surface area contributed by atoms with Crippen LogP contribution in [0.4, 0.5) is 0 Å². The molecule has 1 aliphatic carbocycles. The second kappa shape index (κ2) is 2.37. The summed E-state index contributed by atoms with van der Waals surface area (Å²) in [6.45, 7) is 0. The Hall–Kier alpha value is -0.920.